The molecule has 0 unspecified atom stereocenters. The number of aromatic carboxylic acids is 1. The molecule has 1 N–H and O–H groups in total. The van der Waals surface area contributed by atoms with E-state index in [-0.39, 0.29) is 11.6 Å². The van der Waals surface area contributed by atoms with Crippen LogP contribution in [0, 0.1) is 5.82 Å². The van der Waals surface area contributed by atoms with E-state index in [1.807, 2.05) is 0 Å². The minimum atomic E-state index is -1.19. The second-order valence-corrected chi connectivity index (χ2v) is 5.17. The maximum absolute atomic E-state index is 14.2. The first-order chi connectivity index (χ1) is 10.1. The van der Waals surface area contributed by atoms with Crippen LogP contribution >= 0.6 is 0 Å². The lowest BCUT2D eigenvalue weighted by Gasteiger charge is -2.15. The number of hydrogen-bond donors (Lipinski definition) is 1. The fourth-order valence-corrected chi connectivity index (χ4v) is 2.53. The molecule has 0 aliphatic carbocycles. The molecule has 2 heterocycles. The molecule has 1 fully saturated rings. The highest BCUT2D eigenvalue weighted by molar-refractivity contribution is 5.85. The van der Waals surface area contributed by atoms with Gasteiger partial charge >= 0.3 is 5.97 Å². The zero-order chi connectivity index (χ0) is 14.8. The summed E-state index contributed by atoms with van der Waals surface area (Å²) in [4.78, 5) is 13.0. The number of carbonyl (C=O) groups is 1. The normalized spacial score (nSPS) is 15.5. The van der Waals surface area contributed by atoms with E-state index in [0.29, 0.717) is 23.4 Å². The molecule has 3 rings (SSSR count). The maximum Gasteiger partial charge on any atom is 0.374 e. The number of likely N-dealkylation sites (tertiary alicyclic amines) is 1. The van der Waals surface area contributed by atoms with Crippen molar-refractivity contribution in [3.63, 3.8) is 0 Å². The highest BCUT2D eigenvalue weighted by Crippen LogP contribution is 2.23. The smallest absolute Gasteiger partial charge is 0.374 e. The highest BCUT2D eigenvalue weighted by atomic mass is 19.1. The summed E-state index contributed by atoms with van der Waals surface area (Å²) in [5.41, 5.74) is 1.47. The van der Waals surface area contributed by atoms with Crippen LogP contribution in [0.5, 0.6) is 0 Å². The van der Waals surface area contributed by atoms with Crippen molar-refractivity contribution >= 4 is 5.97 Å². The van der Waals surface area contributed by atoms with Gasteiger partial charge in [0.25, 0.3) is 0 Å². The number of rotatable bonds is 4. The molecule has 21 heavy (non-hydrogen) atoms. The monoisotopic (exact) mass is 290 g/mol. The molecular formula is C15H15FN2O3. The van der Waals surface area contributed by atoms with Gasteiger partial charge in [0.05, 0.1) is 0 Å². The van der Waals surface area contributed by atoms with Gasteiger partial charge in [-0.2, -0.15) is 0 Å². The quantitative estimate of drug-likeness (QED) is 0.937. The van der Waals surface area contributed by atoms with Gasteiger partial charge in [-0.3, -0.25) is 4.90 Å². The third kappa shape index (κ3) is 2.95. The zero-order valence-electron chi connectivity index (χ0n) is 11.4. The van der Waals surface area contributed by atoms with Gasteiger partial charge in [0.15, 0.2) is 0 Å². The van der Waals surface area contributed by atoms with Gasteiger partial charge in [0, 0.05) is 23.7 Å². The fourth-order valence-electron chi connectivity index (χ4n) is 2.53. The topological polar surface area (TPSA) is 66.6 Å². The van der Waals surface area contributed by atoms with Crippen molar-refractivity contribution in [2.24, 2.45) is 0 Å². The largest absolute Gasteiger partial charge is 0.475 e. The molecule has 1 aromatic heterocycles. The van der Waals surface area contributed by atoms with Crippen LogP contribution in [-0.4, -0.2) is 34.2 Å². The molecular weight excluding hydrogens is 275 g/mol. The number of aromatic nitrogens is 1. The first kappa shape index (κ1) is 13.8. The fraction of sp³-hybridized carbons (Fsp3) is 0.333. The average Bonchev–Trinajstić information content (AvgIpc) is 3.12. The Labute approximate surface area is 121 Å². The first-order valence-corrected chi connectivity index (χ1v) is 6.84. The van der Waals surface area contributed by atoms with E-state index in [4.69, 9.17) is 5.11 Å². The van der Waals surface area contributed by atoms with Gasteiger partial charge in [0.1, 0.15) is 11.5 Å². The van der Waals surface area contributed by atoms with Crippen molar-refractivity contribution in [3.8, 4) is 11.3 Å². The molecule has 1 aromatic carbocycles. The molecule has 1 aliphatic heterocycles. The summed E-state index contributed by atoms with van der Waals surface area (Å²) in [5.74, 6) is -1.76. The standard InChI is InChI=1S/C15H15FN2O3/c16-12-7-10(13-8-14(15(19)20)21-17-13)3-4-11(12)9-18-5-1-2-6-18/h3-4,7-8H,1-2,5-6,9H2,(H,19,20). The lowest BCUT2D eigenvalue weighted by molar-refractivity contribution is 0.0652. The van der Waals surface area contributed by atoms with Crippen molar-refractivity contribution < 1.29 is 18.8 Å². The highest BCUT2D eigenvalue weighted by Gasteiger charge is 2.16. The molecule has 0 bridgehead atoms. The molecule has 6 heteroatoms. The summed E-state index contributed by atoms with van der Waals surface area (Å²) in [7, 11) is 0. The Bertz CT molecular complexity index is 663. The minimum Gasteiger partial charge on any atom is -0.475 e. The van der Waals surface area contributed by atoms with E-state index >= 15 is 0 Å². The number of benzene rings is 1. The van der Waals surface area contributed by atoms with Crippen molar-refractivity contribution in [2.75, 3.05) is 13.1 Å². The third-order valence-electron chi connectivity index (χ3n) is 3.66. The van der Waals surface area contributed by atoms with Crippen LogP contribution in [0.3, 0.4) is 0 Å². The first-order valence-electron chi connectivity index (χ1n) is 6.84. The van der Waals surface area contributed by atoms with E-state index in [2.05, 4.69) is 14.6 Å². The Balaban J connectivity index is 1.80. The Hall–Kier alpha value is -2.21. The van der Waals surface area contributed by atoms with Crippen LogP contribution in [0.25, 0.3) is 11.3 Å². The summed E-state index contributed by atoms with van der Waals surface area (Å²) in [6.45, 7) is 2.62. The minimum absolute atomic E-state index is 0.258. The van der Waals surface area contributed by atoms with Gasteiger partial charge in [-0.25, -0.2) is 9.18 Å². The molecule has 0 saturated carbocycles. The SMILES string of the molecule is O=C(O)c1cc(-c2ccc(CN3CCCC3)c(F)c2)no1. The Morgan fingerprint density at radius 1 is 1.33 bits per heavy atom. The van der Waals surface area contributed by atoms with Crippen LogP contribution in [0.15, 0.2) is 28.8 Å². The van der Waals surface area contributed by atoms with Crippen LogP contribution < -0.4 is 0 Å². The predicted octanol–water partition coefficient (Wildman–Crippen LogP) is 2.77. The van der Waals surface area contributed by atoms with Gasteiger partial charge in [-0.05, 0) is 32.0 Å². The molecule has 1 saturated heterocycles. The number of carboxylic acid groups (broad SMARTS) is 1. The van der Waals surface area contributed by atoms with Gasteiger partial charge in [-0.1, -0.05) is 17.3 Å². The lowest BCUT2D eigenvalue weighted by Crippen LogP contribution is -2.19. The van der Waals surface area contributed by atoms with E-state index < -0.39 is 5.97 Å². The second-order valence-electron chi connectivity index (χ2n) is 5.17. The second kappa shape index (κ2) is 5.65. The van der Waals surface area contributed by atoms with Crippen LogP contribution in [0.1, 0.15) is 29.0 Å². The van der Waals surface area contributed by atoms with Crippen molar-refractivity contribution in [2.45, 2.75) is 19.4 Å². The predicted molar refractivity (Wildman–Crippen MR) is 73.4 cm³/mol. The van der Waals surface area contributed by atoms with Crippen LogP contribution in [-0.2, 0) is 6.54 Å². The molecule has 2 aromatic rings. The lowest BCUT2D eigenvalue weighted by atomic mass is 10.1. The summed E-state index contributed by atoms with van der Waals surface area (Å²) in [5, 5.41) is 12.4. The average molecular weight is 290 g/mol. The molecule has 110 valence electrons. The van der Waals surface area contributed by atoms with Gasteiger partial charge in [-0.15, -0.1) is 0 Å². The van der Waals surface area contributed by atoms with Crippen LogP contribution in [0.2, 0.25) is 0 Å². The van der Waals surface area contributed by atoms with Crippen molar-refractivity contribution in [1.82, 2.24) is 10.1 Å². The Morgan fingerprint density at radius 2 is 2.10 bits per heavy atom. The Morgan fingerprint density at radius 3 is 2.71 bits per heavy atom. The summed E-state index contributed by atoms with van der Waals surface area (Å²) in [6.07, 6.45) is 2.33. The van der Waals surface area contributed by atoms with Gasteiger partial charge < -0.3 is 9.63 Å². The molecule has 5 nitrogen and oxygen atoms in total. The Kier molecular flexibility index (Phi) is 3.70. The van der Waals surface area contributed by atoms with Gasteiger partial charge in [0.2, 0.25) is 5.76 Å². The maximum atomic E-state index is 14.2. The number of carboxylic acids is 1. The summed E-state index contributed by atoms with van der Waals surface area (Å²) >= 11 is 0. The van der Waals surface area contributed by atoms with E-state index in [0.717, 1.165) is 25.9 Å². The number of halogens is 1. The summed E-state index contributed by atoms with van der Waals surface area (Å²) < 4.78 is 18.8. The van der Waals surface area contributed by atoms with Crippen molar-refractivity contribution in [1.29, 1.82) is 0 Å². The van der Waals surface area contributed by atoms with Crippen molar-refractivity contribution in [3.05, 3.63) is 41.4 Å². The van der Waals surface area contributed by atoms with Crippen LogP contribution in [0.4, 0.5) is 4.39 Å². The van der Waals surface area contributed by atoms with E-state index in [9.17, 15) is 9.18 Å². The number of hydrogen-bond acceptors (Lipinski definition) is 4. The van der Waals surface area contributed by atoms with E-state index in [1.54, 1.807) is 12.1 Å². The molecule has 0 atom stereocenters. The third-order valence-corrected chi connectivity index (χ3v) is 3.66. The molecule has 0 amide bonds. The molecule has 0 radical (unpaired) electrons. The van der Waals surface area contributed by atoms with E-state index in [1.165, 1.54) is 12.1 Å². The molecule has 0 spiro atoms. The number of nitrogens with zero attached hydrogens (tertiary/aromatic N) is 2. The summed E-state index contributed by atoms with van der Waals surface area (Å²) in [6, 6.07) is 6.11. The molecule has 1 aliphatic rings. The zero-order valence-corrected chi connectivity index (χ0v) is 11.4.